The second-order valence-electron chi connectivity index (χ2n) is 4.07. The Morgan fingerprint density at radius 1 is 1.11 bits per heavy atom. The van der Waals surface area contributed by atoms with Gasteiger partial charge in [0.1, 0.15) is 5.82 Å². The van der Waals surface area contributed by atoms with E-state index >= 15 is 0 Å². The molecule has 0 amide bonds. The smallest absolute Gasteiger partial charge is 0.172 e. The molecule has 0 fully saturated rings. The molecule has 0 aliphatic carbocycles. The lowest BCUT2D eigenvalue weighted by Crippen LogP contribution is -1.96. The fourth-order valence-corrected chi connectivity index (χ4v) is 2.78. The summed E-state index contributed by atoms with van der Waals surface area (Å²) in [5.74, 6) is 1.26. The molecule has 0 saturated heterocycles. The Morgan fingerprint density at radius 2 is 1.94 bits per heavy atom. The maximum Gasteiger partial charge on any atom is 0.172 e. The highest BCUT2D eigenvalue weighted by atomic mass is 32.1. The lowest BCUT2D eigenvalue weighted by molar-refractivity contribution is 1.19. The standard InChI is InChI=1S/C14H13N3S/c1-2-9-7-8-12(18-9)14-16-11-6-4-3-5-10(11)13(15)17-14/h3-8H,2H2,1H3,(H2,15,16,17). The highest BCUT2D eigenvalue weighted by molar-refractivity contribution is 7.15. The molecule has 90 valence electrons. The lowest BCUT2D eigenvalue weighted by atomic mass is 10.2. The number of anilines is 1. The van der Waals surface area contributed by atoms with E-state index in [0.29, 0.717) is 5.82 Å². The Morgan fingerprint density at radius 3 is 2.72 bits per heavy atom. The first kappa shape index (κ1) is 11.2. The highest BCUT2D eigenvalue weighted by Gasteiger charge is 2.08. The zero-order chi connectivity index (χ0) is 12.5. The average molecular weight is 255 g/mol. The van der Waals surface area contributed by atoms with Crippen molar-refractivity contribution in [3.63, 3.8) is 0 Å². The zero-order valence-electron chi connectivity index (χ0n) is 10.1. The van der Waals surface area contributed by atoms with Gasteiger partial charge in [-0.1, -0.05) is 19.1 Å². The van der Waals surface area contributed by atoms with Crippen molar-refractivity contribution in [2.24, 2.45) is 0 Å². The number of fused-ring (bicyclic) bond motifs is 1. The van der Waals surface area contributed by atoms with Crippen LogP contribution in [0.2, 0.25) is 0 Å². The summed E-state index contributed by atoms with van der Waals surface area (Å²) in [6.07, 6.45) is 1.04. The van der Waals surface area contributed by atoms with E-state index in [2.05, 4.69) is 29.0 Å². The van der Waals surface area contributed by atoms with Crippen molar-refractivity contribution in [3.05, 3.63) is 41.3 Å². The molecule has 4 heteroatoms. The maximum absolute atomic E-state index is 5.99. The third-order valence-corrected chi connectivity index (χ3v) is 4.09. The van der Waals surface area contributed by atoms with Gasteiger partial charge in [-0.3, -0.25) is 0 Å². The predicted molar refractivity (Wildman–Crippen MR) is 76.6 cm³/mol. The van der Waals surface area contributed by atoms with E-state index in [-0.39, 0.29) is 0 Å². The van der Waals surface area contributed by atoms with Crippen molar-refractivity contribution < 1.29 is 0 Å². The maximum atomic E-state index is 5.99. The summed E-state index contributed by atoms with van der Waals surface area (Å²) in [6.45, 7) is 2.14. The zero-order valence-corrected chi connectivity index (χ0v) is 10.9. The van der Waals surface area contributed by atoms with Crippen molar-refractivity contribution in [1.29, 1.82) is 0 Å². The van der Waals surface area contributed by atoms with E-state index in [1.165, 1.54) is 4.88 Å². The molecular weight excluding hydrogens is 242 g/mol. The van der Waals surface area contributed by atoms with Crippen LogP contribution in [-0.2, 0) is 6.42 Å². The van der Waals surface area contributed by atoms with Gasteiger partial charge in [-0.25, -0.2) is 9.97 Å². The molecule has 0 radical (unpaired) electrons. The van der Waals surface area contributed by atoms with Gasteiger partial charge >= 0.3 is 0 Å². The summed E-state index contributed by atoms with van der Waals surface area (Å²) >= 11 is 1.72. The molecule has 2 N–H and O–H groups in total. The Balaban J connectivity index is 2.18. The molecule has 0 bridgehead atoms. The van der Waals surface area contributed by atoms with Crippen LogP contribution in [0.1, 0.15) is 11.8 Å². The minimum atomic E-state index is 0.544. The number of benzene rings is 1. The van der Waals surface area contributed by atoms with Gasteiger partial charge in [0.15, 0.2) is 5.82 Å². The molecule has 3 aromatic rings. The van der Waals surface area contributed by atoms with Crippen LogP contribution in [0.4, 0.5) is 5.82 Å². The molecule has 0 spiro atoms. The van der Waals surface area contributed by atoms with Crippen LogP contribution >= 0.6 is 11.3 Å². The van der Waals surface area contributed by atoms with Crippen molar-refractivity contribution >= 4 is 28.1 Å². The molecule has 0 aliphatic heterocycles. The molecular formula is C14H13N3S. The number of nitrogens with two attached hydrogens (primary N) is 1. The Kier molecular flexibility index (Phi) is 2.72. The predicted octanol–water partition coefficient (Wildman–Crippen LogP) is 3.50. The van der Waals surface area contributed by atoms with Crippen molar-refractivity contribution in [2.75, 3.05) is 5.73 Å². The van der Waals surface area contributed by atoms with Crippen LogP contribution in [0, 0.1) is 0 Å². The van der Waals surface area contributed by atoms with E-state index in [0.717, 1.165) is 28.0 Å². The normalized spacial score (nSPS) is 10.9. The molecule has 3 nitrogen and oxygen atoms in total. The number of thiophene rings is 1. The lowest BCUT2D eigenvalue weighted by Gasteiger charge is -2.03. The number of nitrogens with zero attached hydrogens (tertiary/aromatic N) is 2. The van der Waals surface area contributed by atoms with Crippen LogP contribution in [0.3, 0.4) is 0 Å². The van der Waals surface area contributed by atoms with Crippen molar-refractivity contribution in [3.8, 4) is 10.7 Å². The van der Waals surface area contributed by atoms with E-state index < -0.39 is 0 Å². The van der Waals surface area contributed by atoms with Gasteiger partial charge in [-0.15, -0.1) is 11.3 Å². The molecule has 0 aliphatic rings. The van der Waals surface area contributed by atoms with Crippen LogP contribution in [0.25, 0.3) is 21.6 Å². The fraction of sp³-hybridized carbons (Fsp3) is 0.143. The first-order valence-electron chi connectivity index (χ1n) is 5.89. The fourth-order valence-electron chi connectivity index (χ4n) is 1.90. The molecule has 0 unspecified atom stereocenters. The summed E-state index contributed by atoms with van der Waals surface area (Å²) in [5, 5.41) is 0.911. The Hall–Kier alpha value is -1.94. The van der Waals surface area contributed by atoms with Gasteiger partial charge < -0.3 is 5.73 Å². The van der Waals surface area contributed by atoms with Gasteiger partial charge in [0.2, 0.25) is 0 Å². The van der Waals surface area contributed by atoms with E-state index in [1.54, 1.807) is 11.3 Å². The van der Waals surface area contributed by atoms with Gasteiger partial charge in [0, 0.05) is 10.3 Å². The van der Waals surface area contributed by atoms with Gasteiger partial charge in [0.05, 0.1) is 10.4 Å². The first-order chi connectivity index (χ1) is 8.78. The summed E-state index contributed by atoms with van der Waals surface area (Å²) in [5.41, 5.74) is 6.88. The van der Waals surface area contributed by atoms with E-state index in [4.69, 9.17) is 5.73 Å². The molecule has 0 saturated carbocycles. The number of aryl methyl sites for hydroxylation is 1. The summed E-state index contributed by atoms with van der Waals surface area (Å²) in [4.78, 5) is 11.4. The van der Waals surface area contributed by atoms with Crippen molar-refractivity contribution in [1.82, 2.24) is 9.97 Å². The largest absolute Gasteiger partial charge is 0.383 e. The number of para-hydroxylation sites is 1. The minimum Gasteiger partial charge on any atom is -0.383 e. The second kappa shape index (κ2) is 4.38. The van der Waals surface area contributed by atoms with Crippen molar-refractivity contribution in [2.45, 2.75) is 13.3 Å². The molecule has 0 atom stereocenters. The summed E-state index contributed by atoms with van der Waals surface area (Å²) < 4.78 is 0. The second-order valence-corrected chi connectivity index (χ2v) is 5.24. The van der Waals surface area contributed by atoms with E-state index in [9.17, 15) is 0 Å². The third kappa shape index (κ3) is 1.84. The molecule has 2 aromatic heterocycles. The number of hydrogen-bond donors (Lipinski definition) is 1. The van der Waals surface area contributed by atoms with Crippen LogP contribution < -0.4 is 5.73 Å². The minimum absolute atomic E-state index is 0.544. The Bertz CT molecular complexity index is 703. The number of aromatic nitrogens is 2. The average Bonchev–Trinajstić information content (AvgIpc) is 2.87. The monoisotopic (exact) mass is 255 g/mol. The molecule has 18 heavy (non-hydrogen) atoms. The summed E-state index contributed by atoms with van der Waals surface area (Å²) in [6, 6.07) is 12.0. The molecule has 3 rings (SSSR count). The van der Waals surface area contributed by atoms with Crippen LogP contribution in [0.15, 0.2) is 36.4 Å². The SMILES string of the molecule is CCc1ccc(-c2nc(N)c3ccccc3n2)s1. The van der Waals surface area contributed by atoms with Crippen LogP contribution in [0.5, 0.6) is 0 Å². The quantitative estimate of drug-likeness (QED) is 0.762. The number of rotatable bonds is 2. The van der Waals surface area contributed by atoms with Gasteiger partial charge in [-0.05, 0) is 30.7 Å². The number of nitrogen functional groups attached to an aromatic ring is 1. The summed E-state index contributed by atoms with van der Waals surface area (Å²) in [7, 11) is 0. The van der Waals surface area contributed by atoms with Crippen LogP contribution in [-0.4, -0.2) is 9.97 Å². The first-order valence-corrected chi connectivity index (χ1v) is 6.71. The highest BCUT2D eigenvalue weighted by Crippen LogP contribution is 2.28. The topological polar surface area (TPSA) is 51.8 Å². The van der Waals surface area contributed by atoms with Gasteiger partial charge in [-0.2, -0.15) is 0 Å². The Labute approximate surface area is 109 Å². The molecule has 1 aromatic carbocycles. The third-order valence-electron chi connectivity index (χ3n) is 2.86. The molecule has 2 heterocycles. The van der Waals surface area contributed by atoms with Gasteiger partial charge in [0.25, 0.3) is 0 Å². The van der Waals surface area contributed by atoms with E-state index in [1.807, 2.05) is 24.3 Å². The number of hydrogen-bond acceptors (Lipinski definition) is 4.